The molecule has 0 spiro atoms. The van der Waals surface area contributed by atoms with Gasteiger partial charge in [-0.2, -0.15) is 0 Å². The van der Waals surface area contributed by atoms with Crippen LogP contribution in [-0.2, 0) is 12.2 Å². The molecule has 0 unspecified atom stereocenters. The van der Waals surface area contributed by atoms with Gasteiger partial charge in [0.15, 0.2) is 58.2 Å². The molecule has 13 rings (SSSR count). The second kappa shape index (κ2) is 18.6. The van der Waals surface area contributed by atoms with Gasteiger partial charge in [0.1, 0.15) is 93.4 Å². The summed E-state index contributed by atoms with van der Waals surface area (Å²) in [5, 5.41) is 218. The fourth-order valence-electron chi connectivity index (χ4n) is 12.6. The van der Waals surface area contributed by atoms with Crippen molar-refractivity contribution in [1.82, 2.24) is 0 Å². The standard InChI is InChI=1S/C60H48O24/c61-23-13-34(71)42-40(14-23)83-60(22-4-8-28(65)33(70)12-22)59(79)50(42)47-41(84-60)18-38(75)46-49(52(78)55(82-58(46)47)21-3-7-27(64)32(69)11-21)45-37(74)17-36(73)44-48(51(77)54(81-57(44)45)20-2-6-26(63)31(68)10-20)43-35(72)16-29(66)24-15-39(76)53(80-56(24)43)19-1-5-25(62)30(67)9-19/h1-14,16-18,39,48-55,59,61-79H,15H2/t39-,48+,49-,50+,51-,52+,53+,54+,55+,59+,60-/m0/s1. The van der Waals surface area contributed by atoms with Crippen LogP contribution in [-0.4, -0.2) is 121 Å². The van der Waals surface area contributed by atoms with E-state index >= 15 is 0 Å². The van der Waals surface area contributed by atoms with E-state index in [1.54, 1.807) is 0 Å². The molecule has 5 aliphatic rings. The third-order valence-electron chi connectivity index (χ3n) is 16.4. The van der Waals surface area contributed by atoms with Crippen LogP contribution in [0.1, 0.15) is 97.3 Å². The molecular formula is C60H48O24. The first-order chi connectivity index (χ1) is 40.0. The molecule has 0 saturated heterocycles. The first-order valence-electron chi connectivity index (χ1n) is 25.8. The maximum absolute atomic E-state index is 13.1. The van der Waals surface area contributed by atoms with E-state index in [0.717, 1.165) is 78.9 Å². The number of phenolic OH excluding ortho intramolecular Hbond substituents is 15. The van der Waals surface area contributed by atoms with Gasteiger partial charge in [-0.1, -0.05) is 18.2 Å². The Hall–Kier alpha value is -10.4. The molecule has 8 aromatic rings. The lowest BCUT2D eigenvalue weighted by Crippen LogP contribution is -2.57. The zero-order valence-electron chi connectivity index (χ0n) is 42.8. The van der Waals surface area contributed by atoms with Crippen molar-refractivity contribution in [1.29, 1.82) is 0 Å². The lowest BCUT2D eigenvalue weighted by atomic mass is 9.71. The summed E-state index contributed by atoms with van der Waals surface area (Å²) in [6, 6.07) is 18.2. The Morgan fingerprint density at radius 2 is 0.738 bits per heavy atom. The Bertz CT molecular complexity index is 4110. The molecule has 84 heavy (non-hydrogen) atoms. The van der Waals surface area contributed by atoms with Crippen LogP contribution in [0.15, 0.2) is 103 Å². The molecule has 8 aromatic carbocycles. The molecule has 2 bridgehead atoms. The third-order valence-corrected chi connectivity index (χ3v) is 16.4. The number of hydrogen-bond donors (Lipinski definition) is 19. The molecule has 19 N–H and O–H groups in total. The van der Waals surface area contributed by atoms with E-state index in [1.807, 2.05) is 0 Å². The Kier molecular flexibility index (Phi) is 11.7. The van der Waals surface area contributed by atoms with E-state index in [4.69, 9.17) is 23.7 Å². The summed E-state index contributed by atoms with van der Waals surface area (Å²) in [5.41, 5.74) is -2.64. The second-order valence-electron chi connectivity index (χ2n) is 21.2. The summed E-state index contributed by atoms with van der Waals surface area (Å²) in [4.78, 5) is 0. The van der Waals surface area contributed by atoms with Crippen LogP contribution in [0, 0.1) is 0 Å². The highest BCUT2D eigenvalue weighted by molar-refractivity contribution is 5.74. The number of aromatic hydroxyl groups is 15. The van der Waals surface area contributed by atoms with Gasteiger partial charge >= 0.3 is 5.79 Å². The highest BCUT2D eigenvalue weighted by Crippen LogP contribution is 2.67. The number of phenols is 15. The summed E-state index contributed by atoms with van der Waals surface area (Å²) < 4.78 is 32.7. The lowest BCUT2D eigenvalue weighted by molar-refractivity contribution is -0.219. The van der Waals surface area contributed by atoms with Gasteiger partial charge in [-0.3, -0.25) is 0 Å². The van der Waals surface area contributed by atoms with Gasteiger partial charge in [-0.15, -0.1) is 0 Å². The first-order valence-corrected chi connectivity index (χ1v) is 25.8. The fourth-order valence-corrected chi connectivity index (χ4v) is 12.6. The van der Waals surface area contributed by atoms with Gasteiger partial charge in [0.05, 0.1) is 23.9 Å². The summed E-state index contributed by atoms with van der Waals surface area (Å²) in [6.45, 7) is 0. The summed E-state index contributed by atoms with van der Waals surface area (Å²) in [5.74, 6) is -20.1. The van der Waals surface area contributed by atoms with Crippen molar-refractivity contribution in [2.75, 3.05) is 0 Å². The number of ether oxygens (including phenoxy) is 5. The van der Waals surface area contributed by atoms with Crippen molar-refractivity contribution in [2.24, 2.45) is 0 Å². The minimum Gasteiger partial charge on any atom is -0.508 e. The molecule has 0 fully saturated rings. The lowest BCUT2D eigenvalue weighted by Gasteiger charge is -2.51. The predicted molar refractivity (Wildman–Crippen MR) is 283 cm³/mol. The molecule has 0 radical (unpaired) electrons. The third kappa shape index (κ3) is 7.68. The number of benzene rings is 8. The van der Waals surface area contributed by atoms with Gasteiger partial charge in [0.2, 0.25) is 0 Å². The highest BCUT2D eigenvalue weighted by Gasteiger charge is 2.61. The minimum absolute atomic E-state index is 0.0872. The van der Waals surface area contributed by atoms with Crippen molar-refractivity contribution in [2.45, 2.75) is 72.7 Å². The smallest absolute Gasteiger partial charge is 0.305 e. The van der Waals surface area contributed by atoms with E-state index in [0.29, 0.717) is 0 Å². The van der Waals surface area contributed by atoms with Gasteiger partial charge in [0.25, 0.3) is 0 Å². The molecule has 24 nitrogen and oxygen atoms in total. The summed E-state index contributed by atoms with van der Waals surface area (Å²) in [7, 11) is 0. The van der Waals surface area contributed by atoms with Crippen LogP contribution in [0.4, 0.5) is 0 Å². The Morgan fingerprint density at radius 1 is 0.333 bits per heavy atom. The molecule has 0 aromatic heterocycles. The molecule has 0 saturated carbocycles. The van der Waals surface area contributed by atoms with Gasteiger partial charge in [-0.05, 0) is 71.3 Å². The number of aliphatic hydroxyl groups excluding tert-OH is 4. The van der Waals surface area contributed by atoms with Crippen molar-refractivity contribution in [3.05, 3.63) is 164 Å². The second-order valence-corrected chi connectivity index (χ2v) is 21.2. The van der Waals surface area contributed by atoms with E-state index in [2.05, 4.69) is 0 Å². The highest BCUT2D eigenvalue weighted by atomic mass is 16.7. The zero-order valence-corrected chi connectivity index (χ0v) is 42.8. The zero-order chi connectivity index (χ0) is 59.4. The normalized spacial score (nSPS) is 25.1. The van der Waals surface area contributed by atoms with E-state index in [-0.39, 0.29) is 56.2 Å². The average Bonchev–Trinajstić information content (AvgIpc) is 0.881. The molecular weight excluding hydrogens is 1100 g/mol. The van der Waals surface area contributed by atoms with Gasteiger partial charge in [0, 0.05) is 81.3 Å². The molecule has 5 heterocycles. The fraction of sp³-hybridized carbons (Fsp3) is 0.200. The van der Waals surface area contributed by atoms with Crippen molar-refractivity contribution in [3.63, 3.8) is 0 Å². The summed E-state index contributed by atoms with van der Waals surface area (Å²) in [6.07, 6.45) is -13.0. The van der Waals surface area contributed by atoms with E-state index < -0.39 is 193 Å². The van der Waals surface area contributed by atoms with Gasteiger partial charge < -0.3 is 121 Å². The van der Waals surface area contributed by atoms with Crippen LogP contribution >= 0.6 is 0 Å². The minimum atomic E-state index is -2.44. The Morgan fingerprint density at radius 3 is 1.24 bits per heavy atom. The van der Waals surface area contributed by atoms with E-state index in [9.17, 15) is 97.0 Å². The number of aliphatic hydroxyl groups is 4. The molecule has 0 aliphatic carbocycles. The van der Waals surface area contributed by atoms with Crippen LogP contribution in [0.3, 0.4) is 0 Å². The molecule has 0 amide bonds. The Labute approximate surface area is 471 Å². The number of hydrogen-bond acceptors (Lipinski definition) is 24. The molecule has 5 aliphatic heterocycles. The first kappa shape index (κ1) is 52.9. The maximum atomic E-state index is 13.1. The molecule has 24 heteroatoms. The Balaban J connectivity index is 1.09. The number of fused-ring (bicyclic) bond motifs is 10. The van der Waals surface area contributed by atoms with Crippen LogP contribution in [0.5, 0.6) is 115 Å². The largest absolute Gasteiger partial charge is 0.508 e. The monoisotopic (exact) mass is 1150 g/mol. The molecule has 432 valence electrons. The van der Waals surface area contributed by atoms with E-state index in [1.165, 1.54) is 24.3 Å². The van der Waals surface area contributed by atoms with Crippen LogP contribution in [0.2, 0.25) is 0 Å². The van der Waals surface area contributed by atoms with Crippen LogP contribution < -0.4 is 23.7 Å². The molecule has 11 atom stereocenters. The SMILES string of the molecule is Oc1cc(O)c2c(c1)O[C@@]1(c3ccc(O)c(O)c3)Oc3cc(O)c4c(c3[C@@H]2[C@H]1O)O[C@H](c1ccc(O)c(O)c1)[C@H](O)[C@H]4c1c(O)cc(O)c2c1O[C@H](c1ccc(O)c(O)c1)[C@@H](O)[C@@H]2c1c(O)cc(O)c2c1O[C@H](c1ccc(O)c(O)c1)[C@@H](O)C2. The average molecular weight is 1150 g/mol. The van der Waals surface area contributed by atoms with Crippen molar-refractivity contribution in [3.8, 4) is 115 Å². The van der Waals surface area contributed by atoms with Crippen molar-refractivity contribution >= 4 is 0 Å². The summed E-state index contributed by atoms with van der Waals surface area (Å²) >= 11 is 0. The van der Waals surface area contributed by atoms with Crippen molar-refractivity contribution < 1.29 is 121 Å². The maximum Gasteiger partial charge on any atom is 0.305 e. The van der Waals surface area contributed by atoms with Crippen LogP contribution in [0.25, 0.3) is 0 Å². The topological polar surface area (TPSA) is 431 Å². The number of rotatable bonds is 6. The predicted octanol–water partition coefficient (Wildman–Crippen LogP) is 5.69. The quantitative estimate of drug-likeness (QED) is 0.0889. The van der Waals surface area contributed by atoms with Gasteiger partial charge in [-0.25, -0.2) is 0 Å².